The quantitative estimate of drug-likeness (QED) is 0.524. The van der Waals surface area contributed by atoms with Crippen molar-refractivity contribution in [2.45, 2.75) is 13.0 Å². The summed E-state index contributed by atoms with van der Waals surface area (Å²) in [6.07, 6.45) is 2.40. The number of hydrogen-bond acceptors (Lipinski definition) is 3. The number of aromatic nitrogens is 3. The summed E-state index contributed by atoms with van der Waals surface area (Å²) < 4.78 is 1.14. The van der Waals surface area contributed by atoms with Crippen molar-refractivity contribution in [3.63, 3.8) is 0 Å². The first-order valence-electron chi connectivity index (χ1n) is 8.10. The number of fused-ring (bicyclic) bond motifs is 2. The van der Waals surface area contributed by atoms with Crippen LogP contribution in [0.25, 0.3) is 21.8 Å². The topological polar surface area (TPSA) is 108 Å². The number of para-hydroxylation sites is 1. The molecule has 0 unspecified atom stereocenters. The van der Waals surface area contributed by atoms with Crippen molar-refractivity contribution in [1.82, 2.24) is 14.5 Å². The second-order valence-corrected chi connectivity index (χ2v) is 6.06. The molecule has 0 spiro atoms. The molecular formula is C19H15N3O4. The Balaban J connectivity index is 1.72. The van der Waals surface area contributed by atoms with Crippen LogP contribution in [0.1, 0.15) is 15.9 Å². The van der Waals surface area contributed by atoms with Gasteiger partial charge in [-0.3, -0.25) is 9.36 Å². The van der Waals surface area contributed by atoms with Crippen molar-refractivity contribution in [3.8, 4) is 0 Å². The molecule has 26 heavy (non-hydrogen) atoms. The van der Waals surface area contributed by atoms with Crippen molar-refractivity contribution < 1.29 is 9.90 Å². The van der Waals surface area contributed by atoms with Gasteiger partial charge in [-0.2, -0.15) is 0 Å². The van der Waals surface area contributed by atoms with Crippen LogP contribution in [0.5, 0.6) is 0 Å². The first kappa shape index (κ1) is 15.9. The van der Waals surface area contributed by atoms with Crippen LogP contribution in [-0.2, 0) is 13.0 Å². The average Bonchev–Trinajstić information content (AvgIpc) is 3.04. The maximum atomic E-state index is 12.6. The van der Waals surface area contributed by atoms with Crippen LogP contribution >= 0.6 is 0 Å². The molecule has 130 valence electrons. The van der Waals surface area contributed by atoms with Crippen molar-refractivity contribution in [3.05, 3.63) is 80.6 Å². The van der Waals surface area contributed by atoms with Gasteiger partial charge in [-0.25, -0.2) is 9.59 Å². The lowest BCUT2D eigenvalue weighted by atomic mass is 10.1. The molecule has 3 N–H and O–H groups in total. The van der Waals surface area contributed by atoms with E-state index < -0.39 is 17.2 Å². The number of benzene rings is 2. The van der Waals surface area contributed by atoms with E-state index in [1.165, 1.54) is 18.2 Å². The maximum Gasteiger partial charge on any atom is 0.335 e. The number of hydrogen-bond donors (Lipinski definition) is 3. The van der Waals surface area contributed by atoms with Gasteiger partial charge in [0.05, 0.1) is 16.5 Å². The van der Waals surface area contributed by atoms with Gasteiger partial charge in [0, 0.05) is 23.6 Å². The van der Waals surface area contributed by atoms with E-state index >= 15 is 0 Å². The summed E-state index contributed by atoms with van der Waals surface area (Å²) >= 11 is 0. The van der Waals surface area contributed by atoms with Gasteiger partial charge in [-0.05, 0) is 36.2 Å². The number of carboxylic acids is 1. The van der Waals surface area contributed by atoms with E-state index in [-0.39, 0.29) is 23.0 Å². The minimum atomic E-state index is -1.11. The van der Waals surface area contributed by atoms with Crippen molar-refractivity contribution in [2.24, 2.45) is 0 Å². The molecule has 0 saturated heterocycles. The number of aryl methyl sites for hydroxylation is 1. The molecule has 0 bridgehead atoms. The number of carbonyl (C=O) groups is 1. The van der Waals surface area contributed by atoms with Crippen molar-refractivity contribution >= 4 is 27.8 Å². The van der Waals surface area contributed by atoms with Crippen molar-refractivity contribution in [2.75, 3.05) is 0 Å². The molecule has 0 fully saturated rings. The summed E-state index contributed by atoms with van der Waals surface area (Å²) in [5.74, 6) is -1.11. The van der Waals surface area contributed by atoms with Gasteiger partial charge in [0.2, 0.25) is 0 Å². The highest BCUT2D eigenvalue weighted by Crippen LogP contribution is 2.18. The first-order valence-corrected chi connectivity index (χ1v) is 8.10. The largest absolute Gasteiger partial charge is 0.478 e. The lowest BCUT2D eigenvalue weighted by Gasteiger charge is -2.07. The maximum absolute atomic E-state index is 12.6. The van der Waals surface area contributed by atoms with Gasteiger partial charge in [0.15, 0.2) is 0 Å². The summed E-state index contributed by atoms with van der Waals surface area (Å²) in [7, 11) is 0. The molecule has 0 aliphatic rings. The summed E-state index contributed by atoms with van der Waals surface area (Å²) in [4.78, 5) is 41.8. The number of aromatic carboxylic acids is 1. The van der Waals surface area contributed by atoms with Gasteiger partial charge >= 0.3 is 11.7 Å². The van der Waals surface area contributed by atoms with E-state index in [4.69, 9.17) is 5.11 Å². The minimum Gasteiger partial charge on any atom is -0.478 e. The van der Waals surface area contributed by atoms with Gasteiger partial charge in [-0.1, -0.05) is 18.2 Å². The zero-order valence-corrected chi connectivity index (χ0v) is 13.7. The molecule has 0 radical (unpaired) electrons. The van der Waals surface area contributed by atoms with E-state index in [0.29, 0.717) is 6.42 Å². The fraction of sp³-hybridized carbons (Fsp3) is 0.105. The van der Waals surface area contributed by atoms with E-state index in [0.717, 1.165) is 21.0 Å². The molecule has 7 nitrogen and oxygen atoms in total. The van der Waals surface area contributed by atoms with Crippen LogP contribution in [0.4, 0.5) is 0 Å². The highest BCUT2D eigenvalue weighted by molar-refractivity contribution is 5.92. The Morgan fingerprint density at radius 1 is 1.04 bits per heavy atom. The first-order chi connectivity index (χ1) is 12.5. The number of aromatic amines is 2. The molecule has 7 heteroatoms. The van der Waals surface area contributed by atoms with Crippen LogP contribution in [-0.4, -0.2) is 25.6 Å². The molecule has 2 heterocycles. The number of H-pyrrole nitrogens is 2. The number of carboxylic acid groups (broad SMARTS) is 1. The Labute approximate surface area is 146 Å². The molecule has 2 aromatic carbocycles. The third-order valence-corrected chi connectivity index (χ3v) is 4.51. The molecule has 0 aliphatic heterocycles. The van der Waals surface area contributed by atoms with E-state index in [1.807, 2.05) is 30.5 Å². The number of nitrogens with zero attached hydrogens (tertiary/aromatic N) is 1. The highest BCUT2D eigenvalue weighted by atomic mass is 16.4. The summed E-state index contributed by atoms with van der Waals surface area (Å²) in [6.45, 7) is 0.229. The molecule has 0 saturated carbocycles. The third kappa shape index (κ3) is 2.59. The second-order valence-electron chi connectivity index (χ2n) is 6.06. The predicted molar refractivity (Wildman–Crippen MR) is 97.8 cm³/mol. The molecular weight excluding hydrogens is 334 g/mol. The van der Waals surface area contributed by atoms with Crippen LogP contribution in [0, 0.1) is 0 Å². The van der Waals surface area contributed by atoms with Gasteiger partial charge in [-0.15, -0.1) is 0 Å². The monoisotopic (exact) mass is 349 g/mol. The molecule has 0 atom stereocenters. The van der Waals surface area contributed by atoms with Gasteiger partial charge < -0.3 is 15.1 Å². The summed E-state index contributed by atoms with van der Waals surface area (Å²) in [5.41, 5.74) is 1.29. The Bertz CT molecular complexity index is 1260. The van der Waals surface area contributed by atoms with Gasteiger partial charge in [0.25, 0.3) is 5.56 Å². The number of nitrogens with one attached hydrogen (secondary N) is 2. The van der Waals surface area contributed by atoms with E-state index in [2.05, 4.69) is 9.97 Å². The lowest BCUT2D eigenvalue weighted by molar-refractivity contribution is 0.0697. The van der Waals surface area contributed by atoms with Crippen LogP contribution in [0.2, 0.25) is 0 Å². The highest BCUT2D eigenvalue weighted by Gasteiger charge is 2.11. The fourth-order valence-corrected chi connectivity index (χ4v) is 3.16. The molecule has 4 aromatic rings. The Morgan fingerprint density at radius 2 is 1.85 bits per heavy atom. The number of rotatable bonds is 4. The molecule has 4 rings (SSSR count). The van der Waals surface area contributed by atoms with Crippen LogP contribution < -0.4 is 11.2 Å². The smallest absolute Gasteiger partial charge is 0.335 e. The normalized spacial score (nSPS) is 11.2. The van der Waals surface area contributed by atoms with E-state index in [1.54, 1.807) is 0 Å². The van der Waals surface area contributed by atoms with Crippen LogP contribution in [0.15, 0.2) is 58.3 Å². The third-order valence-electron chi connectivity index (χ3n) is 4.51. The van der Waals surface area contributed by atoms with Gasteiger partial charge in [0.1, 0.15) is 0 Å². The van der Waals surface area contributed by atoms with Crippen molar-refractivity contribution in [1.29, 1.82) is 0 Å². The zero-order valence-electron chi connectivity index (χ0n) is 13.7. The summed E-state index contributed by atoms with van der Waals surface area (Å²) in [5, 5.41) is 10.4. The zero-order chi connectivity index (χ0) is 18.3. The Morgan fingerprint density at radius 3 is 2.65 bits per heavy atom. The standard InChI is InChI=1S/C19H15N3O4/c23-17-14-6-5-11(18(24)25)9-16(14)21-19(26)22(17)8-7-12-10-20-15-4-2-1-3-13(12)15/h1-6,9-10,20H,7-8H2,(H,21,26)(H,24,25). The van der Waals surface area contributed by atoms with Crippen LogP contribution in [0.3, 0.4) is 0 Å². The fourth-order valence-electron chi connectivity index (χ4n) is 3.16. The second kappa shape index (κ2) is 6.03. The summed E-state index contributed by atoms with van der Waals surface area (Å²) in [6, 6.07) is 11.9. The average molecular weight is 349 g/mol. The molecule has 0 aliphatic carbocycles. The van der Waals surface area contributed by atoms with E-state index in [9.17, 15) is 14.4 Å². The Kier molecular flexibility index (Phi) is 3.69. The molecule has 2 aromatic heterocycles. The Hall–Kier alpha value is -3.61. The minimum absolute atomic E-state index is 0.0177. The predicted octanol–water partition coefficient (Wildman–Crippen LogP) is 2.11. The lowest BCUT2D eigenvalue weighted by Crippen LogP contribution is -2.35. The SMILES string of the molecule is O=C(O)c1ccc2c(=O)n(CCc3c[nH]c4ccccc34)c(=O)[nH]c2c1. The molecule has 0 amide bonds.